The molecule has 0 amide bonds. The number of rotatable bonds is 5. The third-order valence-corrected chi connectivity index (χ3v) is 8.83. The van der Waals surface area contributed by atoms with Gasteiger partial charge < -0.3 is 8.98 Å². The second kappa shape index (κ2) is 10.4. The molecule has 0 bridgehead atoms. The zero-order valence-corrected chi connectivity index (χ0v) is 24.8. The number of furan rings is 1. The van der Waals surface area contributed by atoms with Gasteiger partial charge in [-0.05, 0) is 65.7 Å². The lowest BCUT2D eigenvalue weighted by Gasteiger charge is -2.12. The third kappa shape index (κ3) is 4.20. The molecule has 6 aromatic carbocycles. The van der Waals surface area contributed by atoms with E-state index in [1.165, 1.54) is 5.39 Å². The molecular formula is C41H26N4O. The fourth-order valence-electron chi connectivity index (χ4n) is 6.67. The van der Waals surface area contributed by atoms with Gasteiger partial charge in [0.1, 0.15) is 11.2 Å². The largest absolute Gasteiger partial charge is 0.456 e. The van der Waals surface area contributed by atoms with Gasteiger partial charge >= 0.3 is 0 Å². The Balaban J connectivity index is 1.19. The minimum absolute atomic E-state index is 0.587. The quantitative estimate of drug-likeness (QED) is 0.200. The predicted octanol–water partition coefficient (Wildman–Crippen LogP) is 10.1. The monoisotopic (exact) mass is 590 g/mol. The maximum absolute atomic E-state index is 9.35. The van der Waals surface area contributed by atoms with Crippen LogP contribution in [0.5, 0.6) is 0 Å². The third-order valence-electron chi connectivity index (χ3n) is 8.83. The van der Waals surface area contributed by atoms with E-state index in [0.717, 1.165) is 72.1 Å². The summed E-state index contributed by atoms with van der Waals surface area (Å²) in [5.41, 5.74) is 10.9. The zero-order chi connectivity index (χ0) is 30.6. The number of nitriles is 1. The van der Waals surface area contributed by atoms with Gasteiger partial charge in [0.2, 0.25) is 0 Å². The van der Waals surface area contributed by atoms with Crippen molar-refractivity contribution in [1.82, 2.24) is 14.3 Å². The van der Waals surface area contributed by atoms with Crippen LogP contribution in [0, 0.1) is 11.3 Å². The Labute approximate surface area is 264 Å². The molecule has 0 radical (unpaired) electrons. The number of nitrogens with zero attached hydrogens (tertiary/aromatic N) is 4. The van der Waals surface area contributed by atoms with E-state index in [1.54, 1.807) is 0 Å². The SMILES string of the molecule is N#Cc1ccc(-c2cc(-c3ccccc3)nn2Cc2cccc(-n3c4ccccc4c4cc5oc6ccccc6c5cc43)c2)cc1. The van der Waals surface area contributed by atoms with Crippen molar-refractivity contribution < 1.29 is 4.42 Å². The lowest BCUT2D eigenvalue weighted by molar-refractivity contribution is 0.669. The summed E-state index contributed by atoms with van der Waals surface area (Å²) in [5, 5.41) is 19.0. The van der Waals surface area contributed by atoms with Crippen LogP contribution in [-0.4, -0.2) is 14.3 Å². The second-order valence-electron chi connectivity index (χ2n) is 11.6. The fraction of sp³-hybridized carbons (Fsp3) is 0.0244. The van der Waals surface area contributed by atoms with Crippen molar-refractivity contribution in [2.24, 2.45) is 0 Å². The van der Waals surface area contributed by atoms with Gasteiger partial charge in [0.05, 0.1) is 40.6 Å². The summed E-state index contributed by atoms with van der Waals surface area (Å²) in [5.74, 6) is 0. The van der Waals surface area contributed by atoms with Crippen LogP contribution in [0.25, 0.3) is 71.9 Å². The molecule has 5 heteroatoms. The van der Waals surface area contributed by atoms with Crippen LogP contribution in [0.3, 0.4) is 0 Å². The summed E-state index contributed by atoms with van der Waals surface area (Å²) >= 11 is 0. The molecule has 0 spiro atoms. The smallest absolute Gasteiger partial charge is 0.136 e. The molecule has 0 aliphatic rings. The van der Waals surface area contributed by atoms with E-state index in [2.05, 4.69) is 106 Å². The Bertz CT molecular complexity index is 2610. The van der Waals surface area contributed by atoms with Crippen LogP contribution in [0.1, 0.15) is 11.1 Å². The minimum atomic E-state index is 0.587. The van der Waals surface area contributed by atoms with Crippen molar-refractivity contribution >= 4 is 43.7 Å². The Morgan fingerprint density at radius 2 is 1.37 bits per heavy atom. The van der Waals surface area contributed by atoms with Crippen molar-refractivity contribution in [3.63, 3.8) is 0 Å². The van der Waals surface area contributed by atoms with Gasteiger partial charge in [-0.1, -0.05) is 91.0 Å². The number of hydrogen-bond acceptors (Lipinski definition) is 3. The van der Waals surface area contributed by atoms with Crippen molar-refractivity contribution in [1.29, 1.82) is 5.26 Å². The number of benzene rings is 6. The molecule has 0 N–H and O–H groups in total. The van der Waals surface area contributed by atoms with Crippen molar-refractivity contribution in [2.75, 3.05) is 0 Å². The van der Waals surface area contributed by atoms with E-state index in [0.29, 0.717) is 12.1 Å². The molecule has 0 saturated carbocycles. The first kappa shape index (κ1) is 26.1. The molecule has 216 valence electrons. The molecule has 0 saturated heterocycles. The lowest BCUT2D eigenvalue weighted by atomic mass is 10.1. The Morgan fingerprint density at radius 1 is 0.587 bits per heavy atom. The van der Waals surface area contributed by atoms with Gasteiger partial charge in [0.15, 0.2) is 0 Å². The summed E-state index contributed by atoms with van der Waals surface area (Å²) < 4.78 is 10.7. The second-order valence-corrected chi connectivity index (χ2v) is 11.6. The first-order chi connectivity index (χ1) is 22.7. The molecule has 0 aliphatic heterocycles. The normalized spacial score (nSPS) is 11.5. The summed E-state index contributed by atoms with van der Waals surface area (Å²) in [7, 11) is 0. The molecule has 0 atom stereocenters. The summed E-state index contributed by atoms with van der Waals surface area (Å²) in [6.45, 7) is 0.587. The van der Waals surface area contributed by atoms with Crippen LogP contribution >= 0.6 is 0 Å². The van der Waals surface area contributed by atoms with Gasteiger partial charge in [-0.25, -0.2) is 0 Å². The van der Waals surface area contributed by atoms with E-state index in [1.807, 2.05) is 54.6 Å². The van der Waals surface area contributed by atoms with Crippen molar-refractivity contribution in [3.05, 3.63) is 157 Å². The van der Waals surface area contributed by atoms with Crippen LogP contribution < -0.4 is 0 Å². The molecule has 0 aliphatic carbocycles. The summed E-state index contributed by atoms with van der Waals surface area (Å²) in [6.07, 6.45) is 0. The lowest BCUT2D eigenvalue weighted by Crippen LogP contribution is -2.05. The molecule has 9 aromatic rings. The highest BCUT2D eigenvalue weighted by molar-refractivity contribution is 6.17. The van der Waals surface area contributed by atoms with Gasteiger partial charge in [0, 0.05) is 32.8 Å². The molecule has 9 rings (SSSR count). The molecule has 0 fully saturated rings. The number of fused-ring (bicyclic) bond motifs is 6. The van der Waals surface area contributed by atoms with E-state index in [-0.39, 0.29) is 0 Å². The summed E-state index contributed by atoms with van der Waals surface area (Å²) in [6, 6.07) is 52.3. The maximum Gasteiger partial charge on any atom is 0.136 e. The highest BCUT2D eigenvalue weighted by Gasteiger charge is 2.17. The zero-order valence-electron chi connectivity index (χ0n) is 24.8. The topological polar surface area (TPSA) is 59.7 Å². The van der Waals surface area contributed by atoms with E-state index >= 15 is 0 Å². The van der Waals surface area contributed by atoms with Crippen LogP contribution in [0.2, 0.25) is 0 Å². The Kier molecular flexibility index (Phi) is 5.87. The van der Waals surface area contributed by atoms with Gasteiger partial charge in [0.25, 0.3) is 0 Å². The average molecular weight is 591 g/mol. The number of aromatic nitrogens is 3. The highest BCUT2D eigenvalue weighted by Crippen LogP contribution is 2.38. The van der Waals surface area contributed by atoms with Crippen LogP contribution in [-0.2, 0) is 6.54 Å². The highest BCUT2D eigenvalue weighted by atomic mass is 16.3. The van der Waals surface area contributed by atoms with Crippen molar-refractivity contribution in [2.45, 2.75) is 6.54 Å². The molecule has 0 unspecified atom stereocenters. The average Bonchev–Trinajstić information content (AvgIpc) is 3.79. The van der Waals surface area contributed by atoms with E-state index in [9.17, 15) is 5.26 Å². The minimum Gasteiger partial charge on any atom is -0.456 e. The first-order valence-electron chi connectivity index (χ1n) is 15.3. The van der Waals surface area contributed by atoms with E-state index < -0.39 is 0 Å². The summed E-state index contributed by atoms with van der Waals surface area (Å²) in [4.78, 5) is 0. The Hall–Kier alpha value is -6.38. The van der Waals surface area contributed by atoms with E-state index in [4.69, 9.17) is 9.52 Å². The first-order valence-corrected chi connectivity index (χ1v) is 15.3. The standard InChI is InChI=1S/C41H26N4O/c42-25-27-17-19-30(20-18-27)38-24-36(29-10-2-1-3-11-29)43-44(38)26-28-9-8-12-31(21-28)45-37-15-6-4-13-32(37)34-23-41-35(22-39(34)45)33-14-5-7-16-40(33)46-41/h1-24H,26H2. The molecule has 46 heavy (non-hydrogen) atoms. The molecule has 3 heterocycles. The van der Waals surface area contributed by atoms with Gasteiger partial charge in [-0.2, -0.15) is 10.4 Å². The van der Waals surface area contributed by atoms with Crippen molar-refractivity contribution in [3.8, 4) is 34.3 Å². The van der Waals surface area contributed by atoms with Gasteiger partial charge in [-0.3, -0.25) is 4.68 Å². The number of hydrogen-bond donors (Lipinski definition) is 0. The maximum atomic E-state index is 9.35. The molecular weight excluding hydrogens is 564 g/mol. The molecule has 3 aromatic heterocycles. The number of para-hydroxylation sites is 2. The fourth-order valence-corrected chi connectivity index (χ4v) is 6.67. The van der Waals surface area contributed by atoms with Crippen LogP contribution in [0.4, 0.5) is 0 Å². The van der Waals surface area contributed by atoms with Gasteiger partial charge in [-0.15, -0.1) is 0 Å². The van der Waals surface area contributed by atoms with Crippen LogP contribution in [0.15, 0.2) is 150 Å². The Morgan fingerprint density at radius 3 is 2.22 bits per heavy atom. The predicted molar refractivity (Wildman–Crippen MR) is 185 cm³/mol. The molecule has 5 nitrogen and oxygen atoms in total.